The van der Waals surface area contributed by atoms with Gasteiger partial charge in [-0.25, -0.2) is 4.52 Å². The number of H-pyrrole nitrogens is 1. The molecule has 1 amide bonds. The molecule has 6 rings (SSSR count). The van der Waals surface area contributed by atoms with Crippen molar-refractivity contribution >= 4 is 29.0 Å². The number of hydrogen-bond donors (Lipinski definition) is 3. The number of rotatable bonds is 5. The fourth-order valence-electron chi connectivity index (χ4n) is 4.62. The molecule has 162 valence electrons. The molecular formula is C21H27N9O. The second-order valence-electron chi connectivity index (χ2n) is 8.63. The molecular weight excluding hydrogens is 394 g/mol. The summed E-state index contributed by atoms with van der Waals surface area (Å²) in [6.07, 6.45) is 6.15. The molecule has 0 spiro atoms. The van der Waals surface area contributed by atoms with E-state index in [-0.39, 0.29) is 11.9 Å². The third-order valence-corrected chi connectivity index (χ3v) is 6.46. The zero-order valence-corrected chi connectivity index (χ0v) is 17.4. The molecule has 1 atom stereocenters. The van der Waals surface area contributed by atoms with Gasteiger partial charge in [0.1, 0.15) is 11.6 Å². The number of carbonyl (C=O) groups excluding carboxylic acids is 1. The molecule has 10 heteroatoms. The number of anilines is 3. The Morgan fingerprint density at radius 1 is 1.16 bits per heavy atom. The lowest BCUT2D eigenvalue weighted by Crippen LogP contribution is -2.52. The van der Waals surface area contributed by atoms with E-state index < -0.39 is 0 Å². The highest BCUT2D eigenvalue weighted by Gasteiger charge is 2.36. The molecule has 2 aliphatic heterocycles. The lowest BCUT2D eigenvalue weighted by molar-refractivity contribution is -0.133. The van der Waals surface area contributed by atoms with Crippen LogP contribution in [0.15, 0.2) is 24.4 Å². The summed E-state index contributed by atoms with van der Waals surface area (Å²) in [5.74, 6) is 2.83. The van der Waals surface area contributed by atoms with Gasteiger partial charge in [-0.2, -0.15) is 10.1 Å². The van der Waals surface area contributed by atoms with Crippen LogP contribution in [-0.2, 0) is 4.79 Å². The fourth-order valence-corrected chi connectivity index (χ4v) is 4.62. The lowest BCUT2D eigenvalue weighted by atomic mass is 10.2. The first kappa shape index (κ1) is 18.6. The zero-order valence-electron chi connectivity index (χ0n) is 17.4. The molecule has 0 unspecified atom stereocenters. The Morgan fingerprint density at radius 3 is 2.87 bits per heavy atom. The Hall–Kier alpha value is -3.14. The summed E-state index contributed by atoms with van der Waals surface area (Å²) >= 11 is 0. The van der Waals surface area contributed by atoms with E-state index in [0.717, 1.165) is 56.9 Å². The number of aromatic nitrogens is 5. The maximum absolute atomic E-state index is 13.2. The molecule has 1 saturated carbocycles. The number of hydrogen-bond acceptors (Lipinski definition) is 7. The number of nitrogens with zero attached hydrogens (tertiary/aromatic N) is 6. The molecule has 3 fully saturated rings. The maximum atomic E-state index is 13.2. The third kappa shape index (κ3) is 3.50. The van der Waals surface area contributed by atoms with Crippen LogP contribution in [0.2, 0.25) is 0 Å². The van der Waals surface area contributed by atoms with Crippen LogP contribution >= 0.6 is 0 Å². The van der Waals surface area contributed by atoms with Crippen LogP contribution in [0.3, 0.4) is 0 Å². The molecule has 3 aliphatic rings. The van der Waals surface area contributed by atoms with E-state index in [2.05, 4.69) is 31.8 Å². The smallest absolute Gasteiger partial charge is 0.246 e. The van der Waals surface area contributed by atoms with Crippen molar-refractivity contribution in [2.45, 2.75) is 37.6 Å². The van der Waals surface area contributed by atoms with Gasteiger partial charge in [-0.15, -0.1) is 5.10 Å². The minimum atomic E-state index is -0.203. The Kier molecular flexibility index (Phi) is 4.52. The third-order valence-electron chi connectivity index (χ3n) is 6.46. The standard InChI is InChI=1S/C21H27N9O/c31-20(28-11-7-22-8-12-28)17-4-1-9-29(17)21-24-19(16-3-2-10-30(16)27-21)23-18-13-15(25-26-18)14-5-6-14/h2-3,10,13-14,17,22H,1,4-9,11-12H2,(H2,23,24,25,26,27)/t17-/m0/s1. The SMILES string of the molecule is O=C([C@@H]1CCCN1c1nc(Nc2cc(C3CC3)[nH]n2)c2cccn2n1)N1CCNCC1. The van der Waals surface area contributed by atoms with Gasteiger partial charge in [0.2, 0.25) is 11.9 Å². The van der Waals surface area contributed by atoms with Gasteiger partial charge in [0, 0.05) is 56.6 Å². The summed E-state index contributed by atoms with van der Waals surface area (Å²) in [5, 5.41) is 18.9. The molecule has 3 aromatic rings. The van der Waals surface area contributed by atoms with Gasteiger partial charge in [0.15, 0.2) is 11.6 Å². The number of nitrogens with one attached hydrogen (secondary N) is 3. The largest absolute Gasteiger partial charge is 0.338 e. The van der Waals surface area contributed by atoms with Crippen molar-refractivity contribution in [1.82, 2.24) is 35.0 Å². The molecule has 1 aliphatic carbocycles. The number of carbonyl (C=O) groups is 1. The first-order valence-corrected chi connectivity index (χ1v) is 11.2. The van der Waals surface area contributed by atoms with E-state index in [4.69, 9.17) is 10.1 Å². The van der Waals surface area contributed by atoms with Crippen molar-refractivity contribution in [1.29, 1.82) is 0 Å². The van der Waals surface area contributed by atoms with Crippen molar-refractivity contribution in [2.75, 3.05) is 42.9 Å². The van der Waals surface area contributed by atoms with E-state index in [1.807, 2.05) is 27.7 Å². The topological polar surface area (TPSA) is 106 Å². The van der Waals surface area contributed by atoms with Crippen LogP contribution in [0.25, 0.3) is 5.52 Å². The quantitative estimate of drug-likeness (QED) is 0.573. The van der Waals surface area contributed by atoms with Crippen molar-refractivity contribution < 1.29 is 4.79 Å². The van der Waals surface area contributed by atoms with E-state index in [9.17, 15) is 4.79 Å². The highest BCUT2D eigenvalue weighted by atomic mass is 16.2. The van der Waals surface area contributed by atoms with Gasteiger partial charge in [-0.1, -0.05) is 0 Å². The molecule has 0 bridgehead atoms. The summed E-state index contributed by atoms with van der Waals surface area (Å²) in [6, 6.07) is 5.79. The Bertz CT molecular complexity index is 1100. The number of amides is 1. The zero-order chi connectivity index (χ0) is 20.8. The normalized spacial score (nSPS) is 21.7. The minimum Gasteiger partial charge on any atom is -0.338 e. The van der Waals surface area contributed by atoms with Crippen LogP contribution in [0.1, 0.15) is 37.3 Å². The van der Waals surface area contributed by atoms with Crippen molar-refractivity contribution in [2.24, 2.45) is 0 Å². The number of fused-ring (bicyclic) bond motifs is 1. The molecule has 0 aromatic carbocycles. The van der Waals surface area contributed by atoms with Gasteiger partial charge in [0.05, 0.1) is 0 Å². The number of piperazine rings is 1. The van der Waals surface area contributed by atoms with Crippen LogP contribution in [0.5, 0.6) is 0 Å². The Morgan fingerprint density at radius 2 is 2.03 bits per heavy atom. The number of aromatic amines is 1. The summed E-state index contributed by atoms with van der Waals surface area (Å²) in [6.45, 7) is 4.00. The highest BCUT2D eigenvalue weighted by Crippen LogP contribution is 2.39. The highest BCUT2D eigenvalue weighted by molar-refractivity contribution is 5.86. The van der Waals surface area contributed by atoms with E-state index in [0.29, 0.717) is 17.7 Å². The van der Waals surface area contributed by atoms with Crippen molar-refractivity contribution in [3.63, 3.8) is 0 Å². The van der Waals surface area contributed by atoms with Crippen LogP contribution < -0.4 is 15.5 Å². The first-order valence-electron chi connectivity index (χ1n) is 11.2. The second-order valence-corrected chi connectivity index (χ2v) is 8.63. The average Bonchev–Trinajstić information content (AvgIpc) is 3.20. The lowest BCUT2D eigenvalue weighted by Gasteiger charge is -2.33. The fraction of sp³-hybridized carbons (Fsp3) is 0.524. The summed E-state index contributed by atoms with van der Waals surface area (Å²) in [7, 11) is 0. The molecule has 10 nitrogen and oxygen atoms in total. The maximum Gasteiger partial charge on any atom is 0.246 e. The summed E-state index contributed by atoms with van der Waals surface area (Å²) in [4.78, 5) is 22.1. The second kappa shape index (κ2) is 7.52. The predicted octanol–water partition coefficient (Wildman–Crippen LogP) is 1.47. The van der Waals surface area contributed by atoms with Crippen LogP contribution in [0.4, 0.5) is 17.6 Å². The van der Waals surface area contributed by atoms with E-state index in [1.165, 1.54) is 18.5 Å². The monoisotopic (exact) mass is 421 g/mol. The van der Waals surface area contributed by atoms with Gasteiger partial charge in [0.25, 0.3) is 0 Å². The van der Waals surface area contributed by atoms with Gasteiger partial charge in [-0.3, -0.25) is 9.89 Å². The molecule has 3 N–H and O–H groups in total. The van der Waals surface area contributed by atoms with Crippen molar-refractivity contribution in [3.8, 4) is 0 Å². The van der Waals surface area contributed by atoms with E-state index >= 15 is 0 Å². The summed E-state index contributed by atoms with van der Waals surface area (Å²) < 4.78 is 1.82. The van der Waals surface area contributed by atoms with Gasteiger partial charge >= 0.3 is 0 Å². The van der Waals surface area contributed by atoms with Gasteiger partial charge in [-0.05, 0) is 37.8 Å². The molecule has 2 saturated heterocycles. The molecule has 5 heterocycles. The average molecular weight is 422 g/mol. The molecule has 31 heavy (non-hydrogen) atoms. The minimum absolute atomic E-state index is 0.186. The van der Waals surface area contributed by atoms with E-state index in [1.54, 1.807) is 0 Å². The first-order chi connectivity index (χ1) is 15.3. The Labute approximate surface area is 180 Å². The van der Waals surface area contributed by atoms with Crippen LogP contribution in [-0.4, -0.2) is 74.4 Å². The van der Waals surface area contributed by atoms with Crippen molar-refractivity contribution in [3.05, 3.63) is 30.1 Å². The van der Waals surface area contributed by atoms with Gasteiger partial charge < -0.3 is 20.4 Å². The predicted molar refractivity (Wildman–Crippen MR) is 117 cm³/mol. The summed E-state index contributed by atoms with van der Waals surface area (Å²) in [5.41, 5.74) is 2.05. The Balaban J connectivity index is 1.30. The molecule has 0 radical (unpaired) electrons. The molecule has 3 aromatic heterocycles. The van der Waals surface area contributed by atoms with Crippen LogP contribution in [0, 0.1) is 0 Å².